The van der Waals surface area contributed by atoms with E-state index in [2.05, 4.69) is 28.7 Å². The molecule has 0 saturated carbocycles. The Bertz CT molecular complexity index is 1040. The maximum absolute atomic E-state index is 14.3. The highest BCUT2D eigenvalue weighted by Crippen LogP contribution is 2.30. The Labute approximate surface area is 181 Å². The second kappa shape index (κ2) is 9.08. The SMILES string of the molecule is C[C@@H]1C[C@H](C)CN(c2ccncc2CCc2ccc(F)c(-c3c(F)cccc3F)n2)C1. The molecule has 31 heavy (non-hydrogen) atoms. The Kier molecular flexibility index (Phi) is 6.25. The Morgan fingerprint density at radius 2 is 1.61 bits per heavy atom. The molecule has 3 aromatic rings. The number of pyridine rings is 2. The molecule has 4 rings (SSSR count). The standard InChI is InChI=1S/C25H26F3N3/c1-16-12-17(2)15-31(14-16)23-10-11-29-13-18(23)6-7-19-8-9-22(28)25(30-19)24-20(26)4-3-5-21(24)27/h3-5,8-11,13,16-17H,6-7,12,14-15H2,1-2H3/t16-,17+. The van der Waals surface area contributed by atoms with Gasteiger partial charge in [-0.1, -0.05) is 19.9 Å². The molecule has 6 heteroatoms. The number of hydrogen-bond acceptors (Lipinski definition) is 3. The molecule has 1 saturated heterocycles. The molecule has 0 bridgehead atoms. The fourth-order valence-electron chi connectivity index (χ4n) is 4.56. The number of aromatic nitrogens is 2. The zero-order valence-corrected chi connectivity index (χ0v) is 17.8. The summed E-state index contributed by atoms with van der Waals surface area (Å²) in [4.78, 5) is 11.0. The van der Waals surface area contributed by atoms with Crippen molar-refractivity contribution >= 4 is 5.69 Å². The molecule has 0 aliphatic carbocycles. The first-order valence-corrected chi connectivity index (χ1v) is 10.7. The molecule has 0 unspecified atom stereocenters. The zero-order valence-electron chi connectivity index (χ0n) is 17.8. The van der Waals surface area contributed by atoms with Gasteiger partial charge in [0.25, 0.3) is 0 Å². The van der Waals surface area contributed by atoms with Crippen molar-refractivity contribution in [1.82, 2.24) is 9.97 Å². The summed E-state index contributed by atoms with van der Waals surface area (Å²) < 4.78 is 42.7. The lowest BCUT2D eigenvalue weighted by atomic mass is 9.91. The van der Waals surface area contributed by atoms with Crippen molar-refractivity contribution in [2.45, 2.75) is 33.1 Å². The van der Waals surface area contributed by atoms with Gasteiger partial charge in [0, 0.05) is 36.9 Å². The largest absolute Gasteiger partial charge is 0.371 e. The van der Waals surface area contributed by atoms with Gasteiger partial charge in [0.15, 0.2) is 0 Å². The summed E-state index contributed by atoms with van der Waals surface area (Å²) in [5.41, 5.74) is 2.11. The predicted octanol–water partition coefficient (Wildman–Crippen LogP) is 5.83. The number of aryl methyl sites for hydroxylation is 2. The van der Waals surface area contributed by atoms with Crippen molar-refractivity contribution < 1.29 is 13.2 Å². The number of nitrogens with zero attached hydrogens (tertiary/aromatic N) is 3. The minimum atomic E-state index is -0.827. The minimum Gasteiger partial charge on any atom is -0.371 e. The highest BCUT2D eigenvalue weighted by molar-refractivity contribution is 5.61. The van der Waals surface area contributed by atoms with Crippen LogP contribution in [-0.2, 0) is 12.8 Å². The van der Waals surface area contributed by atoms with Crippen LogP contribution in [0.4, 0.5) is 18.9 Å². The second-order valence-electron chi connectivity index (χ2n) is 8.59. The van der Waals surface area contributed by atoms with Crippen LogP contribution < -0.4 is 4.90 Å². The Balaban J connectivity index is 1.57. The molecular formula is C25H26F3N3. The van der Waals surface area contributed by atoms with Gasteiger partial charge in [0.2, 0.25) is 0 Å². The lowest BCUT2D eigenvalue weighted by Gasteiger charge is -2.37. The highest BCUT2D eigenvalue weighted by Gasteiger charge is 2.23. The fourth-order valence-corrected chi connectivity index (χ4v) is 4.56. The minimum absolute atomic E-state index is 0.293. The lowest BCUT2D eigenvalue weighted by Crippen LogP contribution is -2.39. The van der Waals surface area contributed by atoms with E-state index in [1.165, 1.54) is 18.6 Å². The molecule has 0 radical (unpaired) electrons. The molecule has 0 spiro atoms. The average molecular weight is 425 g/mol. The summed E-state index contributed by atoms with van der Waals surface area (Å²) in [6.07, 6.45) is 6.06. The number of piperidine rings is 1. The van der Waals surface area contributed by atoms with E-state index >= 15 is 0 Å². The average Bonchev–Trinajstić information content (AvgIpc) is 2.73. The van der Waals surface area contributed by atoms with Gasteiger partial charge in [0.05, 0.1) is 5.56 Å². The van der Waals surface area contributed by atoms with Crippen LogP contribution in [0.15, 0.2) is 48.8 Å². The van der Waals surface area contributed by atoms with Crippen molar-refractivity contribution in [3.8, 4) is 11.3 Å². The third kappa shape index (κ3) is 4.73. The first-order chi connectivity index (χ1) is 14.9. The van der Waals surface area contributed by atoms with Gasteiger partial charge in [-0.15, -0.1) is 0 Å². The molecule has 1 aromatic carbocycles. The molecule has 3 nitrogen and oxygen atoms in total. The van der Waals surface area contributed by atoms with Crippen LogP contribution in [0.2, 0.25) is 0 Å². The van der Waals surface area contributed by atoms with Crippen molar-refractivity contribution in [1.29, 1.82) is 0 Å². The summed E-state index contributed by atoms with van der Waals surface area (Å²) in [5.74, 6) is -1.15. The normalized spacial score (nSPS) is 18.9. The van der Waals surface area contributed by atoms with Gasteiger partial charge in [-0.2, -0.15) is 0 Å². The summed E-state index contributed by atoms with van der Waals surface area (Å²) in [6, 6.07) is 8.30. The zero-order chi connectivity index (χ0) is 22.0. The van der Waals surface area contributed by atoms with E-state index in [0.29, 0.717) is 30.4 Å². The van der Waals surface area contributed by atoms with Crippen LogP contribution in [0, 0.1) is 29.3 Å². The van der Waals surface area contributed by atoms with E-state index in [9.17, 15) is 13.2 Å². The number of halogens is 3. The van der Waals surface area contributed by atoms with Gasteiger partial charge in [-0.3, -0.25) is 4.98 Å². The molecule has 2 aromatic heterocycles. The third-order valence-electron chi connectivity index (χ3n) is 5.84. The quantitative estimate of drug-likeness (QED) is 0.515. The molecule has 1 aliphatic rings. The van der Waals surface area contributed by atoms with Gasteiger partial charge in [-0.05, 0) is 67.0 Å². The van der Waals surface area contributed by atoms with E-state index < -0.39 is 23.0 Å². The first-order valence-electron chi connectivity index (χ1n) is 10.7. The van der Waals surface area contributed by atoms with E-state index in [-0.39, 0.29) is 5.69 Å². The summed E-state index contributed by atoms with van der Waals surface area (Å²) in [7, 11) is 0. The van der Waals surface area contributed by atoms with E-state index in [1.54, 1.807) is 12.3 Å². The fraction of sp³-hybridized carbons (Fsp3) is 0.360. The molecule has 3 heterocycles. The van der Waals surface area contributed by atoms with Gasteiger partial charge >= 0.3 is 0 Å². The molecule has 0 N–H and O–H groups in total. The molecule has 1 fully saturated rings. The summed E-state index contributed by atoms with van der Waals surface area (Å²) in [6.45, 7) is 6.56. The van der Waals surface area contributed by atoms with Gasteiger partial charge < -0.3 is 4.90 Å². The van der Waals surface area contributed by atoms with Gasteiger partial charge in [0.1, 0.15) is 23.1 Å². The number of rotatable bonds is 5. The number of benzene rings is 1. The van der Waals surface area contributed by atoms with Gasteiger partial charge in [-0.25, -0.2) is 18.2 Å². The smallest absolute Gasteiger partial charge is 0.149 e. The molecule has 2 atom stereocenters. The molecule has 1 aliphatic heterocycles. The Morgan fingerprint density at radius 3 is 2.32 bits per heavy atom. The van der Waals surface area contributed by atoms with Crippen LogP contribution in [0.25, 0.3) is 11.3 Å². The van der Waals surface area contributed by atoms with Crippen LogP contribution in [0.5, 0.6) is 0 Å². The van der Waals surface area contributed by atoms with Crippen molar-refractivity contribution in [3.63, 3.8) is 0 Å². The third-order valence-corrected chi connectivity index (χ3v) is 5.84. The van der Waals surface area contributed by atoms with Crippen LogP contribution in [-0.4, -0.2) is 23.1 Å². The number of hydrogen-bond donors (Lipinski definition) is 0. The molecule has 162 valence electrons. The lowest BCUT2D eigenvalue weighted by molar-refractivity contribution is 0.356. The topological polar surface area (TPSA) is 29.0 Å². The van der Waals surface area contributed by atoms with Crippen LogP contribution >= 0.6 is 0 Å². The predicted molar refractivity (Wildman–Crippen MR) is 116 cm³/mol. The van der Waals surface area contributed by atoms with E-state index in [1.807, 2.05) is 12.3 Å². The van der Waals surface area contributed by atoms with Crippen LogP contribution in [0.1, 0.15) is 31.5 Å². The monoisotopic (exact) mass is 425 g/mol. The Hall–Kier alpha value is -2.89. The van der Waals surface area contributed by atoms with E-state index in [4.69, 9.17) is 0 Å². The summed E-state index contributed by atoms with van der Waals surface area (Å²) in [5, 5.41) is 0. The van der Waals surface area contributed by atoms with Crippen molar-refractivity contribution in [2.24, 2.45) is 11.8 Å². The maximum Gasteiger partial charge on any atom is 0.149 e. The summed E-state index contributed by atoms with van der Waals surface area (Å²) >= 11 is 0. The van der Waals surface area contributed by atoms with E-state index in [0.717, 1.165) is 36.5 Å². The second-order valence-corrected chi connectivity index (χ2v) is 8.59. The highest BCUT2D eigenvalue weighted by atomic mass is 19.1. The van der Waals surface area contributed by atoms with Crippen molar-refractivity contribution in [2.75, 3.05) is 18.0 Å². The van der Waals surface area contributed by atoms with Crippen molar-refractivity contribution in [3.05, 3.63) is 77.5 Å². The maximum atomic E-state index is 14.3. The van der Waals surface area contributed by atoms with Crippen LogP contribution in [0.3, 0.4) is 0 Å². The number of anilines is 1. The first kappa shape index (κ1) is 21.3. The molecule has 0 amide bonds. The Morgan fingerprint density at radius 1 is 0.903 bits per heavy atom. The molecular weight excluding hydrogens is 399 g/mol.